The maximum atomic E-state index is 12.1. The van der Waals surface area contributed by atoms with Gasteiger partial charge < -0.3 is 9.80 Å². The van der Waals surface area contributed by atoms with Gasteiger partial charge in [-0.1, -0.05) is 12.1 Å². The molecule has 1 N–H and O–H groups in total. The van der Waals surface area contributed by atoms with E-state index in [0.717, 1.165) is 69.9 Å². The lowest BCUT2D eigenvalue weighted by Gasteiger charge is -2.40. The zero-order valence-electron chi connectivity index (χ0n) is 20.5. The van der Waals surface area contributed by atoms with Gasteiger partial charge in [-0.3, -0.25) is 29.9 Å². The highest BCUT2D eigenvalue weighted by atomic mass is 16.6. The van der Waals surface area contributed by atoms with Crippen LogP contribution in [0.1, 0.15) is 37.2 Å². The molecule has 0 aromatic heterocycles. The van der Waals surface area contributed by atoms with Crippen LogP contribution in [0, 0.1) is 16.0 Å². The molecular weight excluding hydrogens is 458 g/mol. The molecule has 0 radical (unpaired) electrons. The highest BCUT2D eigenvalue weighted by Crippen LogP contribution is 2.29. The van der Waals surface area contributed by atoms with Crippen molar-refractivity contribution in [2.24, 2.45) is 5.92 Å². The van der Waals surface area contributed by atoms with Gasteiger partial charge >= 0.3 is 0 Å². The first-order chi connectivity index (χ1) is 17.5. The zero-order valence-corrected chi connectivity index (χ0v) is 20.5. The molecule has 2 amide bonds. The molecule has 9 nitrogen and oxygen atoms in total. The fourth-order valence-electron chi connectivity index (χ4n) is 5.64. The average Bonchev–Trinajstić information content (AvgIpc) is 2.90. The summed E-state index contributed by atoms with van der Waals surface area (Å²) in [7, 11) is 0. The van der Waals surface area contributed by atoms with E-state index in [1.165, 1.54) is 5.69 Å². The van der Waals surface area contributed by atoms with Gasteiger partial charge in [0.2, 0.25) is 11.8 Å². The Bertz CT molecular complexity index is 1090. The van der Waals surface area contributed by atoms with E-state index in [-0.39, 0.29) is 28.3 Å². The fourth-order valence-corrected chi connectivity index (χ4v) is 5.64. The van der Waals surface area contributed by atoms with Crippen LogP contribution in [0.2, 0.25) is 0 Å². The molecule has 0 bridgehead atoms. The van der Waals surface area contributed by atoms with Crippen LogP contribution in [0.25, 0.3) is 0 Å². The normalized spacial score (nSPS) is 21.9. The molecule has 5 rings (SSSR count). The summed E-state index contributed by atoms with van der Waals surface area (Å²) < 4.78 is 0. The van der Waals surface area contributed by atoms with Gasteiger partial charge in [0.25, 0.3) is 5.69 Å². The molecule has 0 aliphatic carbocycles. The van der Waals surface area contributed by atoms with Gasteiger partial charge in [0, 0.05) is 75.7 Å². The average molecular weight is 492 g/mol. The van der Waals surface area contributed by atoms with Crippen molar-refractivity contribution in [2.45, 2.75) is 31.6 Å². The number of amides is 2. The van der Waals surface area contributed by atoms with E-state index in [1.807, 2.05) is 24.3 Å². The van der Waals surface area contributed by atoms with Gasteiger partial charge in [-0.2, -0.15) is 0 Å². The van der Waals surface area contributed by atoms with Gasteiger partial charge in [-0.25, -0.2) is 0 Å². The Balaban J connectivity index is 1.06. The maximum Gasteiger partial charge on any atom is 0.269 e. The number of hydrogen-bond acceptors (Lipinski definition) is 7. The number of hydrogen-bond donors (Lipinski definition) is 1. The van der Waals surface area contributed by atoms with Crippen LogP contribution in [0.4, 0.5) is 17.1 Å². The largest absolute Gasteiger partial charge is 0.372 e. The van der Waals surface area contributed by atoms with Crippen LogP contribution in [-0.4, -0.2) is 67.5 Å². The number of anilines is 2. The third kappa shape index (κ3) is 5.51. The standard InChI is InChI=1S/C27H33N5O4/c33-26-10-9-25(27(34)28-26)21-1-3-22(4-2-21)30-13-11-20(12-14-30)19-29-15-17-31(18-16-29)23-5-7-24(8-6-23)32(35)36/h1-8,20,25H,9-19H2,(H,28,33,34). The monoisotopic (exact) mass is 491 g/mol. The molecular formula is C27H33N5O4. The second-order valence-corrected chi connectivity index (χ2v) is 10.1. The van der Waals surface area contributed by atoms with E-state index >= 15 is 0 Å². The Morgan fingerprint density at radius 1 is 0.806 bits per heavy atom. The summed E-state index contributed by atoms with van der Waals surface area (Å²) in [6.07, 6.45) is 3.31. The number of piperidine rings is 2. The smallest absolute Gasteiger partial charge is 0.269 e. The van der Waals surface area contributed by atoms with E-state index in [4.69, 9.17) is 0 Å². The second-order valence-electron chi connectivity index (χ2n) is 10.1. The van der Waals surface area contributed by atoms with Crippen LogP contribution in [0.15, 0.2) is 48.5 Å². The quantitative estimate of drug-likeness (QED) is 0.376. The lowest BCUT2D eigenvalue weighted by molar-refractivity contribution is -0.384. The first kappa shape index (κ1) is 24.2. The van der Waals surface area contributed by atoms with Crippen LogP contribution >= 0.6 is 0 Å². The van der Waals surface area contributed by atoms with Crippen molar-refractivity contribution in [1.82, 2.24) is 10.2 Å². The molecule has 3 aliphatic rings. The van der Waals surface area contributed by atoms with Crippen LogP contribution in [0.3, 0.4) is 0 Å². The van der Waals surface area contributed by atoms with Crippen molar-refractivity contribution in [3.05, 3.63) is 64.2 Å². The Morgan fingerprint density at radius 2 is 1.39 bits per heavy atom. The summed E-state index contributed by atoms with van der Waals surface area (Å²) in [6.45, 7) is 7.09. The number of carbonyl (C=O) groups is 2. The number of carbonyl (C=O) groups excluding carboxylic acids is 2. The van der Waals surface area contributed by atoms with E-state index in [0.29, 0.717) is 18.8 Å². The summed E-state index contributed by atoms with van der Waals surface area (Å²) in [6, 6.07) is 15.1. The van der Waals surface area contributed by atoms with E-state index < -0.39 is 0 Å². The van der Waals surface area contributed by atoms with Crippen molar-refractivity contribution >= 4 is 28.9 Å². The minimum absolute atomic E-state index is 0.133. The third-order valence-corrected chi connectivity index (χ3v) is 7.83. The van der Waals surface area contributed by atoms with Gasteiger partial charge in [0.15, 0.2) is 0 Å². The number of benzene rings is 2. The fraction of sp³-hybridized carbons (Fsp3) is 0.481. The van der Waals surface area contributed by atoms with Crippen molar-refractivity contribution < 1.29 is 14.5 Å². The highest BCUT2D eigenvalue weighted by molar-refractivity contribution is 6.00. The van der Waals surface area contributed by atoms with E-state index in [2.05, 4.69) is 32.1 Å². The number of piperazine rings is 1. The molecule has 190 valence electrons. The van der Waals surface area contributed by atoms with Gasteiger partial charge in [0.1, 0.15) is 0 Å². The number of nitro groups is 1. The Kier molecular flexibility index (Phi) is 7.18. The molecule has 3 aliphatic heterocycles. The van der Waals surface area contributed by atoms with Crippen molar-refractivity contribution in [3.8, 4) is 0 Å². The Hall–Kier alpha value is -3.46. The lowest BCUT2D eigenvalue weighted by atomic mass is 9.90. The summed E-state index contributed by atoms with van der Waals surface area (Å²) in [4.78, 5) is 41.4. The number of nitrogens with one attached hydrogen (secondary N) is 1. The molecule has 3 fully saturated rings. The summed E-state index contributed by atoms with van der Waals surface area (Å²) in [5.41, 5.74) is 3.36. The molecule has 9 heteroatoms. The summed E-state index contributed by atoms with van der Waals surface area (Å²) in [5, 5.41) is 13.3. The topological polar surface area (TPSA) is 99.0 Å². The van der Waals surface area contributed by atoms with Gasteiger partial charge in [-0.15, -0.1) is 0 Å². The number of imide groups is 1. The maximum absolute atomic E-state index is 12.1. The van der Waals surface area contributed by atoms with Crippen molar-refractivity contribution in [1.29, 1.82) is 0 Å². The summed E-state index contributed by atoms with van der Waals surface area (Å²) in [5.74, 6) is 0.0915. The number of non-ortho nitro benzene ring substituents is 1. The first-order valence-electron chi connectivity index (χ1n) is 12.9. The van der Waals surface area contributed by atoms with Crippen molar-refractivity contribution in [2.75, 3.05) is 55.6 Å². The van der Waals surface area contributed by atoms with Crippen LogP contribution < -0.4 is 15.1 Å². The molecule has 3 heterocycles. The molecule has 2 aromatic rings. The SMILES string of the molecule is O=C1CCC(c2ccc(N3CCC(CN4CCN(c5ccc([N+](=O)[O-])cc5)CC4)CC3)cc2)C(=O)N1. The molecule has 1 atom stereocenters. The number of nitro benzene ring substituents is 1. The van der Waals surface area contributed by atoms with Crippen LogP contribution in [0.5, 0.6) is 0 Å². The summed E-state index contributed by atoms with van der Waals surface area (Å²) >= 11 is 0. The predicted molar refractivity (Wildman–Crippen MR) is 138 cm³/mol. The Morgan fingerprint density at radius 3 is 1.97 bits per heavy atom. The third-order valence-electron chi connectivity index (χ3n) is 7.83. The number of rotatable bonds is 6. The Labute approximate surface area is 211 Å². The molecule has 1 unspecified atom stereocenters. The van der Waals surface area contributed by atoms with Gasteiger partial charge in [0.05, 0.1) is 10.8 Å². The van der Waals surface area contributed by atoms with Crippen molar-refractivity contribution in [3.63, 3.8) is 0 Å². The van der Waals surface area contributed by atoms with E-state index in [1.54, 1.807) is 12.1 Å². The first-order valence-corrected chi connectivity index (χ1v) is 12.9. The minimum atomic E-state index is -0.358. The second kappa shape index (κ2) is 10.7. The van der Waals surface area contributed by atoms with E-state index in [9.17, 15) is 19.7 Å². The lowest BCUT2D eigenvalue weighted by Crippen LogP contribution is -2.49. The van der Waals surface area contributed by atoms with Crippen LogP contribution in [-0.2, 0) is 9.59 Å². The molecule has 36 heavy (non-hydrogen) atoms. The van der Waals surface area contributed by atoms with Gasteiger partial charge in [-0.05, 0) is 55.0 Å². The molecule has 0 spiro atoms. The molecule has 0 saturated carbocycles. The zero-order chi connectivity index (χ0) is 25.1. The highest BCUT2D eigenvalue weighted by Gasteiger charge is 2.28. The molecule has 2 aromatic carbocycles. The number of nitrogens with zero attached hydrogens (tertiary/aromatic N) is 4. The molecule has 3 saturated heterocycles. The predicted octanol–water partition coefficient (Wildman–Crippen LogP) is 3.15. The minimum Gasteiger partial charge on any atom is -0.372 e.